The van der Waals surface area contributed by atoms with E-state index in [1.165, 1.54) is 24.3 Å². The summed E-state index contributed by atoms with van der Waals surface area (Å²) in [7, 11) is -12.2. The summed E-state index contributed by atoms with van der Waals surface area (Å²) in [5.74, 6) is 11.6. The third-order valence-corrected chi connectivity index (χ3v) is 13.3. The number of aliphatic hydroxyl groups is 2. The average molecular weight is 1290 g/mol. The maximum atomic E-state index is 10.1. The largest absolute Gasteiger partial charge is 1.00 e. The summed E-state index contributed by atoms with van der Waals surface area (Å²) in [5, 5.41) is 16.6. The van der Waals surface area contributed by atoms with E-state index in [1.54, 1.807) is 35.3 Å². The molecule has 456 valence electrons. The topological polar surface area (TPSA) is 249 Å². The van der Waals surface area contributed by atoms with E-state index in [4.69, 9.17) is 29.2 Å². The van der Waals surface area contributed by atoms with E-state index in [0.717, 1.165) is 77.2 Å². The van der Waals surface area contributed by atoms with Crippen molar-refractivity contribution >= 4 is 101 Å². The monoisotopic (exact) mass is 1290 g/mol. The molecule has 0 fully saturated rings. The maximum Gasteiger partial charge on any atom is 1.00 e. The molecule has 0 aliphatic heterocycles. The molecule has 0 saturated carbocycles. The predicted molar refractivity (Wildman–Crippen MR) is 331 cm³/mol. The standard InChI is InChI=1S/2C6H14O4S2.C6H14O3S2.2C6H14O2S.C6H14S.6C2H6.3Na/c2*1-2-11-5-3-10-4-6-12(7,8)9;1-2-10-5-3-4-6-11(7,8)9;2*1-2-9-6-5-8-4-3-7;1-3-5-6-7-4-2;6*1-2;;;/h2*2-6H2,1H3,(H,7,8,9);2-6H2,1H3,(H,7,8,9);2*7H,2-6H2,1H3;3-6H2,1-2H3;6*1-2H3;;;/q;;;;;;;;;;;;3*+1/p-3. The van der Waals surface area contributed by atoms with Crippen LogP contribution in [0.2, 0.25) is 0 Å². The maximum absolute atomic E-state index is 10.1. The van der Waals surface area contributed by atoms with E-state index in [2.05, 4.69) is 34.6 Å². The average Bonchev–Trinajstić information content (AvgIpc) is 3.37. The van der Waals surface area contributed by atoms with Crippen LogP contribution in [-0.2, 0) is 49.3 Å². The zero-order valence-electron chi connectivity index (χ0n) is 52.4. The molecule has 75 heavy (non-hydrogen) atoms. The number of aliphatic hydroxyl groups excluding tert-OH is 2. The number of hydrogen-bond donors (Lipinski definition) is 2. The summed E-state index contributed by atoms with van der Waals surface area (Å²) in [6.45, 7) is 42.6. The molecular weight excluding hydrogens is 1170 g/mol. The number of rotatable bonds is 36. The normalized spacial score (nSPS) is 9.28. The molecule has 0 spiro atoms. The van der Waals surface area contributed by atoms with E-state index in [-0.39, 0.29) is 121 Å². The van der Waals surface area contributed by atoms with Gasteiger partial charge in [0.25, 0.3) is 0 Å². The van der Waals surface area contributed by atoms with E-state index in [1.807, 2.05) is 132 Å². The zero-order valence-corrected chi connectivity index (χ0v) is 65.7. The van der Waals surface area contributed by atoms with Crippen LogP contribution < -0.4 is 88.7 Å². The Kier molecular flexibility index (Phi) is 196. The van der Waals surface area contributed by atoms with Gasteiger partial charge in [-0.15, -0.1) is 0 Å². The predicted octanol–water partition coefficient (Wildman–Crippen LogP) is 2.87. The molecule has 0 rings (SSSR count). The summed E-state index contributed by atoms with van der Waals surface area (Å²) in [5.41, 5.74) is 0. The van der Waals surface area contributed by atoms with Crippen molar-refractivity contribution in [1.29, 1.82) is 0 Å². The smallest absolute Gasteiger partial charge is 0.748 e. The quantitative estimate of drug-likeness (QED) is 0.0520. The zero-order chi connectivity index (χ0) is 59.1. The van der Waals surface area contributed by atoms with Crippen LogP contribution in [0.1, 0.15) is 157 Å². The molecule has 0 aromatic rings. The summed E-state index contributed by atoms with van der Waals surface area (Å²) < 4.78 is 111. The van der Waals surface area contributed by atoms with Gasteiger partial charge in [-0.3, -0.25) is 0 Å². The first kappa shape index (κ1) is 118. The van der Waals surface area contributed by atoms with Gasteiger partial charge in [0.1, 0.15) is 0 Å². The molecular formula is C48H117Na3O15S9. The molecule has 0 aromatic carbocycles. The molecule has 0 heterocycles. The van der Waals surface area contributed by atoms with Crippen LogP contribution in [0.15, 0.2) is 0 Å². The fourth-order valence-electron chi connectivity index (χ4n) is 2.93. The van der Waals surface area contributed by atoms with Crippen molar-refractivity contribution in [3.63, 3.8) is 0 Å². The Morgan fingerprint density at radius 1 is 0.320 bits per heavy atom. The molecule has 0 aliphatic rings. The van der Waals surface area contributed by atoms with Crippen molar-refractivity contribution in [3.8, 4) is 0 Å². The molecule has 0 radical (unpaired) electrons. The summed E-state index contributed by atoms with van der Waals surface area (Å²) >= 11 is 10.9. The number of ether oxygens (including phenoxy) is 4. The second-order valence-electron chi connectivity index (χ2n) is 10.9. The van der Waals surface area contributed by atoms with Crippen LogP contribution >= 0.6 is 70.6 Å². The SMILES string of the molecule is CC.CC.CC.CC.CC.CC.CCCCSCC.CCSCCCCS(=O)(=O)[O-].CCSCCOCCO.CCSCCOCCO.CCSCCOCCS(=O)(=O)[O-].CCSCCOCCS(=O)(=O)[O-].[Na+].[Na+].[Na+]. The summed E-state index contributed by atoms with van der Waals surface area (Å²) in [6.07, 6.45) is 4.05. The van der Waals surface area contributed by atoms with Crippen LogP contribution in [0, 0.1) is 0 Å². The minimum atomic E-state index is -4.10. The van der Waals surface area contributed by atoms with Crippen LogP contribution in [0.5, 0.6) is 0 Å². The van der Waals surface area contributed by atoms with Gasteiger partial charge < -0.3 is 42.8 Å². The van der Waals surface area contributed by atoms with Gasteiger partial charge in [-0.1, -0.05) is 138 Å². The van der Waals surface area contributed by atoms with Gasteiger partial charge in [0, 0.05) is 28.8 Å². The Bertz CT molecular complexity index is 1030. The number of unbranched alkanes of at least 4 members (excludes halogenated alkanes) is 2. The van der Waals surface area contributed by atoms with Crippen LogP contribution in [0.25, 0.3) is 0 Å². The van der Waals surface area contributed by atoms with E-state index in [0.29, 0.717) is 32.8 Å². The Morgan fingerprint density at radius 2 is 0.533 bits per heavy atom. The second kappa shape index (κ2) is 125. The molecule has 0 atom stereocenters. The van der Waals surface area contributed by atoms with Gasteiger partial charge in [0.15, 0.2) is 0 Å². The first-order chi connectivity index (χ1) is 34.4. The molecule has 0 unspecified atom stereocenters. The Labute approximate surface area is 560 Å². The molecule has 2 N–H and O–H groups in total. The van der Waals surface area contributed by atoms with Gasteiger partial charge >= 0.3 is 88.7 Å². The van der Waals surface area contributed by atoms with Crippen molar-refractivity contribution in [2.45, 2.75) is 157 Å². The molecule has 0 amide bonds. The van der Waals surface area contributed by atoms with Crippen molar-refractivity contribution in [3.05, 3.63) is 0 Å². The minimum absolute atomic E-state index is 0. The Balaban J connectivity index is -0.0000000424. The van der Waals surface area contributed by atoms with E-state index < -0.39 is 41.9 Å². The molecule has 0 saturated heterocycles. The first-order valence-electron chi connectivity index (χ1n) is 26.2. The van der Waals surface area contributed by atoms with Gasteiger partial charge in [-0.25, -0.2) is 25.3 Å². The van der Waals surface area contributed by atoms with Crippen LogP contribution in [0.4, 0.5) is 0 Å². The number of hydrogen-bond acceptors (Lipinski definition) is 21. The Morgan fingerprint density at radius 3 is 0.733 bits per heavy atom. The molecule has 0 aliphatic carbocycles. The summed E-state index contributed by atoms with van der Waals surface area (Å²) in [6, 6.07) is 0. The fourth-order valence-corrected chi connectivity index (χ4v) is 7.70. The molecule has 0 aromatic heterocycles. The third kappa shape index (κ3) is 212. The van der Waals surface area contributed by atoms with Crippen molar-refractivity contribution in [2.24, 2.45) is 0 Å². The van der Waals surface area contributed by atoms with Crippen LogP contribution in [-0.4, -0.2) is 201 Å². The molecule has 27 heteroatoms. The third-order valence-electron chi connectivity index (χ3n) is 5.71. The van der Waals surface area contributed by atoms with Crippen molar-refractivity contribution < 1.29 is 157 Å². The van der Waals surface area contributed by atoms with Gasteiger partial charge in [0.2, 0.25) is 0 Å². The summed E-state index contributed by atoms with van der Waals surface area (Å²) in [4.78, 5) is 0. The van der Waals surface area contributed by atoms with E-state index in [9.17, 15) is 38.9 Å². The van der Waals surface area contributed by atoms with Crippen LogP contribution in [0.3, 0.4) is 0 Å². The molecule has 15 nitrogen and oxygen atoms in total. The number of thioether (sulfide) groups is 6. The fraction of sp³-hybridized carbons (Fsp3) is 1.00. The van der Waals surface area contributed by atoms with Gasteiger partial charge in [-0.05, 0) is 65.3 Å². The van der Waals surface area contributed by atoms with Gasteiger partial charge in [0.05, 0.1) is 108 Å². The van der Waals surface area contributed by atoms with Crippen molar-refractivity contribution in [1.82, 2.24) is 0 Å². The second-order valence-corrected chi connectivity index (χ2v) is 23.9. The van der Waals surface area contributed by atoms with Gasteiger partial charge in [-0.2, -0.15) is 70.6 Å². The van der Waals surface area contributed by atoms with Crippen molar-refractivity contribution in [2.75, 3.05) is 152 Å². The molecule has 0 bridgehead atoms. The minimum Gasteiger partial charge on any atom is -0.748 e. The Hall–Kier alpha value is 4.59. The first-order valence-corrected chi connectivity index (χ1v) is 37.9. The van der Waals surface area contributed by atoms with E-state index >= 15 is 0 Å².